The molecule has 17 heavy (non-hydrogen) atoms. The third kappa shape index (κ3) is 6.58. The van der Waals surface area contributed by atoms with Crippen molar-refractivity contribution in [3.05, 3.63) is 20.8 Å². The summed E-state index contributed by atoms with van der Waals surface area (Å²) in [7, 11) is 0. The summed E-state index contributed by atoms with van der Waals surface area (Å²) < 4.78 is 1.06. The van der Waals surface area contributed by atoms with Crippen LogP contribution >= 0.6 is 27.3 Å². The molecule has 1 N–H and O–H groups in total. The van der Waals surface area contributed by atoms with E-state index in [0.717, 1.165) is 21.5 Å². The topological polar surface area (TPSA) is 41.5 Å². The summed E-state index contributed by atoms with van der Waals surface area (Å²) >= 11 is 4.95. The molecular weight excluding hydrogens is 300 g/mol. The average molecular weight is 317 g/mol. The van der Waals surface area contributed by atoms with E-state index in [1.54, 1.807) is 17.6 Å². The van der Waals surface area contributed by atoms with E-state index in [1.807, 2.05) is 12.1 Å². The van der Waals surface area contributed by atoms with Crippen molar-refractivity contribution >= 4 is 39.4 Å². The number of carbonyl (C=O) groups is 1. The van der Waals surface area contributed by atoms with E-state index < -0.39 is 0 Å². The first-order valence-corrected chi connectivity index (χ1v) is 7.40. The van der Waals surface area contributed by atoms with Gasteiger partial charge in [-0.1, -0.05) is 26.2 Å². The third-order valence-electron chi connectivity index (χ3n) is 2.23. The molecule has 0 aromatic carbocycles. The first kappa shape index (κ1) is 14.4. The van der Waals surface area contributed by atoms with Crippen molar-refractivity contribution in [2.45, 2.75) is 39.0 Å². The van der Waals surface area contributed by atoms with E-state index in [4.69, 9.17) is 0 Å². The standard InChI is InChI=1S/C12H17BrN2OS/c1-2-3-4-5-6-12(16)15-14-9-10-7-8-11(13)17-10/h7-9H,2-6H2,1H3,(H,15,16)/b14-9+. The predicted octanol–water partition coefficient (Wildman–Crippen LogP) is 3.93. The summed E-state index contributed by atoms with van der Waals surface area (Å²) in [6, 6.07) is 3.91. The van der Waals surface area contributed by atoms with E-state index in [-0.39, 0.29) is 5.91 Å². The lowest BCUT2D eigenvalue weighted by Gasteiger charge is -1.98. The van der Waals surface area contributed by atoms with Crippen LogP contribution in [0.15, 0.2) is 21.0 Å². The molecule has 1 aromatic rings. The molecule has 0 saturated carbocycles. The minimum Gasteiger partial charge on any atom is -0.273 e. The number of nitrogens with one attached hydrogen (secondary N) is 1. The van der Waals surface area contributed by atoms with Crippen LogP contribution in [0.5, 0.6) is 0 Å². The van der Waals surface area contributed by atoms with Crippen LogP contribution in [0.25, 0.3) is 0 Å². The maximum atomic E-state index is 11.4. The van der Waals surface area contributed by atoms with Gasteiger partial charge in [0.25, 0.3) is 0 Å². The molecule has 0 spiro atoms. The molecule has 0 radical (unpaired) electrons. The highest BCUT2D eigenvalue weighted by atomic mass is 79.9. The van der Waals surface area contributed by atoms with E-state index in [0.29, 0.717) is 6.42 Å². The van der Waals surface area contributed by atoms with Crippen molar-refractivity contribution in [2.24, 2.45) is 5.10 Å². The molecule has 0 fully saturated rings. The number of halogens is 1. The number of hydrogen-bond acceptors (Lipinski definition) is 3. The Morgan fingerprint density at radius 1 is 1.47 bits per heavy atom. The Balaban J connectivity index is 2.17. The Bertz CT molecular complexity index is 376. The SMILES string of the molecule is CCCCCCC(=O)N/N=C/c1ccc(Br)s1. The number of amides is 1. The largest absolute Gasteiger partial charge is 0.273 e. The minimum atomic E-state index is -0.00650. The fourth-order valence-corrected chi connectivity index (χ4v) is 2.63. The summed E-state index contributed by atoms with van der Waals surface area (Å²) in [6.45, 7) is 2.16. The summed E-state index contributed by atoms with van der Waals surface area (Å²) in [6.07, 6.45) is 6.67. The lowest BCUT2D eigenvalue weighted by atomic mass is 10.1. The van der Waals surface area contributed by atoms with Gasteiger partial charge in [0.2, 0.25) is 5.91 Å². The van der Waals surface area contributed by atoms with Crippen LogP contribution in [-0.4, -0.2) is 12.1 Å². The second-order valence-electron chi connectivity index (χ2n) is 3.75. The van der Waals surface area contributed by atoms with Crippen molar-refractivity contribution in [1.29, 1.82) is 0 Å². The summed E-state index contributed by atoms with van der Waals surface area (Å²) in [5.74, 6) is -0.00650. The van der Waals surface area contributed by atoms with E-state index in [1.165, 1.54) is 12.8 Å². The molecule has 1 rings (SSSR count). The van der Waals surface area contributed by atoms with Gasteiger partial charge in [0.05, 0.1) is 10.0 Å². The number of hydrogen-bond donors (Lipinski definition) is 1. The van der Waals surface area contributed by atoms with Crippen LogP contribution in [0.4, 0.5) is 0 Å². The molecule has 94 valence electrons. The third-order valence-corrected chi connectivity index (χ3v) is 3.79. The highest BCUT2D eigenvalue weighted by molar-refractivity contribution is 9.11. The number of nitrogens with zero attached hydrogens (tertiary/aromatic N) is 1. The molecule has 0 aliphatic rings. The van der Waals surface area contributed by atoms with Gasteiger partial charge < -0.3 is 0 Å². The van der Waals surface area contributed by atoms with Gasteiger partial charge in [0.1, 0.15) is 0 Å². The van der Waals surface area contributed by atoms with Gasteiger partial charge in [-0.25, -0.2) is 5.43 Å². The quantitative estimate of drug-likeness (QED) is 0.462. The van der Waals surface area contributed by atoms with Gasteiger partial charge in [-0.3, -0.25) is 4.79 Å². The highest BCUT2D eigenvalue weighted by Crippen LogP contribution is 2.20. The predicted molar refractivity (Wildman–Crippen MR) is 76.5 cm³/mol. The molecule has 0 saturated heterocycles. The molecule has 0 atom stereocenters. The van der Waals surface area contributed by atoms with E-state index >= 15 is 0 Å². The van der Waals surface area contributed by atoms with Crippen molar-refractivity contribution in [1.82, 2.24) is 5.43 Å². The molecule has 3 nitrogen and oxygen atoms in total. The zero-order chi connectivity index (χ0) is 12.5. The van der Waals surface area contributed by atoms with Crippen molar-refractivity contribution in [2.75, 3.05) is 0 Å². The molecular formula is C12H17BrN2OS. The lowest BCUT2D eigenvalue weighted by molar-refractivity contribution is -0.121. The Kier molecular flexibility index (Phi) is 7.12. The van der Waals surface area contributed by atoms with E-state index in [9.17, 15) is 4.79 Å². The zero-order valence-electron chi connectivity index (χ0n) is 9.91. The summed E-state index contributed by atoms with van der Waals surface area (Å²) in [5.41, 5.74) is 2.54. The monoisotopic (exact) mass is 316 g/mol. The van der Waals surface area contributed by atoms with Crippen LogP contribution in [0.1, 0.15) is 43.9 Å². The van der Waals surface area contributed by atoms with Crippen LogP contribution in [0, 0.1) is 0 Å². The fraction of sp³-hybridized carbons (Fsp3) is 0.500. The highest BCUT2D eigenvalue weighted by Gasteiger charge is 1.98. The van der Waals surface area contributed by atoms with Crippen LogP contribution in [0.2, 0.25) is 0 Å². The summed E-state index contributed by atoms with van der Waals surface area (Å²) in [4.78, 5) is 12.4. The number of thiophene rings is 1. The molecule has 1 aromatic heterocycles. The van der Waals surface area contributed by atoms with Crippen molar-refractivity contribution < 1.29 is 4.79 Å². The Labute approximate surface area is 114 Å². The van der Waals surface area contributed by atoms with Crippen molar-refractivity contribution in [3.63, 3.8) is 0 Å². The van der Waals surface area contributed by atoms with Crippen LogP contribution in [-0.2, 0) is 4.79 Å². The number of carbonyl (C=O) groups excluding carboxylic acids is 1. The average Bonchev–Trinajstić information content (AvgIpc) is 2.71. The Morgan fingerprint density at radius 3 is 2.94 bits per heavy atom. The summed E-state index contributed by atoms with van der Waals surface area (Å²) in [5, 5.41) is 3.92. The molecule has 0 aliphatic carbocycles. The van der Waals surface area contributed by atoms with Crippen LogP contribution < -0.4 is 5.43 Å². The van der Waals surface area contributed by atoms with Gasteiger partial charge >= 0.3 is 0 Å². The number of hydrazone groups is 1. The Morgan fingerprint density at radius 2 is 2.29 bits per heavy atom. The molecule has 0 aliphatic heterocycles. The smallest absolute Gasteiger partial charge is 0.240 e. The number of unbranched alkanes of at least 4 members (excludes halogenated alkanes) is 3. The minimum absolute atomic E-state index is 0.00650. The van der Waals surface area contributed by atoms with Gasteiger partial charge in [0, 0.05) is 11.3 Å². The molecule has 0 unspecified atom stereocenters. The number of rotatable bonds is 7. The van der Waals surface area contributed by atoms with Gasteiger partial charge in [-0.05, 0) is 34.5 Å². The first-order chi connectivity index (χ1) is 8.22. The molecule has 1 amide bonds. The molecule has 0 bridgehead atoms. The maximum Gasteiger partial charge on any atom is 0.240 e. The van der Waals surface area contributed by atoms with Crippen molar-refractivity contribution in [3.8, 4) is 0 Å². The van der Waals surface area contributed by atoms with Gasteiger partial charge in [-0.15, -0.1) is 11.3 Å². The zero-order valence-corrected chi connectivity index (χ0v) is 12.3. The second-order valence-corrected chi connectivity index (χ2v) is 6.24. The maximum absolute atomic E-state index is 11.4. The van der Waals surface area contributed by atoms with Gasteiger partial charge in [0.15, 0.2) is 0 Å². The van der Waals surface area contributed by atoms with Crippen LogP contribution in [0.3, 0.4) is 0 Å². The first-order valence-electron chi connectivity index (χ1n) is 5.79. The van der Waals surface area contributed by atoms with E-state index in [2.05, 4.69) is 33.4 Å². The lowest BCUT2D eigenvalue weighted by Crippen LogP contribution is -2.16. The van der Waals surface area contributed by atoms with Gasteiger partial charge in [-0.2, -0.15) is 5.10 Å². The molecule has 1 heterocycles. The normalized spacial score (nSPS) is 10.9. The second kappa shape index (κ2) is 8.42. The Hall–Kier alpha value is -0.680. The molecule has 5 heteroatoms. The fourth-order valence-electron chi connectivity index (χ4n) is 1.33.